The normalized spacial score (nSPS) is 18.1. The molecular weight excluding hydrogens is 236 g/mol. The molecule has 1 unspecified atom stereocenters. The Morgan fingerprint density at radius 3 is 2.53 bits per heavy atom. The number of hydrogen-bond acceptors (Lipinski definition) is 4. The van der Waals surface area contributed by atoms with E-state index in [0.717, 1.165) is 24.0 Å². The Hall–Kier alpha value is -1.32. The van der Waals surface area contributed by atoms with Crippen molar-refractivity contribution in [3.63, 3.8) is 0 Å². The maximum atomic E-state index is 4.43. The molecule has 0 amide bonds. The van der Waals surface area contributed by atoms with Crippen LogP contribution in [0, 0.1) is 5.92 Å². The lowest BCUT2D eigenvalue weighted by Crippen LogP contribution is -2.28. The Labute approximate surface area is 116 Å². The van der Waals surface area contributed by atoms with Gasteiger partial charge < -0.3 is 10.6 Å². The number of aromatic nitrogens is 2. The topological polar surface area (TPSA) is 49.8 Å². The molecule has 0 saturated heterocycles. The van der Waals surface area contributed by atoms with Crippen molar-refractivity contribution in [2.24, 2.45) is 5.92 Å². The molecule has 1 aromatic heterocycles. The standard InChI is InChI=1S/C15H26N4/c1-4-13-14(16-3)17-10-18-15(13)19-11(2)12-8-6-5-7-9-12/h10-12H,4-9H2,1-3H3,(H2,16,17,18,19). The van der Waals surface area contributed by atoms with Crippen molar-refractivity contribution >= 4 is 11.6 Å². The molecule has 106 valence electrons. The van der Waals surface area contributed by atoms with Crippen LogP contribution in [0.2, 0.25) is 0 Å². The second kappa shape index (κ2) is 6.73. The molecule has 2 N–H and O–H groups in total. The van der Waals surface area contributed by atoms with Gasteiger partial charge in [0, 0.05) is 18.7 Å². The number of rotatable bonds is 5. The lowest BCUT2D eigenvalue weighted by Gasteiger charge is -2.29. The van der Waals surface area contributed by atoms with E-state index in [-0.39, 0.29) is 0 Å². The Bertz CT molecular complexity index is 399. The van der Waals surface area contributed by atoms with E-state index >= 15 is 0 Å². The van der Waals surface area contributed by atoms with Crippen LogP contribution in [0.15, 0.2) is 6.33 Å². The fourth-order valence-electron chi connectivity index (χ4n) is 3.05. The van der Waals surface area contributed by atoms with Gasteiger partial charge in [0.15, 0.2) is 0 Å². The molecule has 1 atom stereocenters. The van der Waals surface area contributed by atoms with E-state index in [1.807, 2.05) is 7.05 Å². The summed E-state index contributed by atoms with van der Waals surface area (Å²) in [6, 6.07) is 0.491. The molecule has 0 aliphatic heterocycles. The van der Waals surface area contributed by atoms with Gasteiger partial charge in [0.05, 0.1) is 0 Å². The molecule has 0 spiro atoms. The van der Waals surface area contributed by atoms with Crippen LogP contribution >= 0.6 is 0 Å². The number of nitrogens with one attached hydrogen (secondary N) is 2. The SMILES string of the molecule is CCc1c(NC)ncnc1NC(C)C1CCCCC1. The summed E-state index contributed by atoms with van der Waals surface area (Å²) in [4.78, 5) is 8.72. The summed E-state index contributed by atoms with van der Waals surface area (Å²) < 4.78 is 0. The lowest BCUT2D eigenvalue weighted by atomic mass is 9.84. The minimum atomic E-state index is 0.491. The van der Waals surface area contributed by atoms with Crippen LogP contribution in [0.1, 0.15) is 51.5 Å². The van der Waals surface area contributed by atoms with Gasteiger partial charge in [-0.2, -0.15) is 0 Å². The van der Waals surface area contributed by atoms with Crippen LogP contribution in [0.4, 0.5) is 11.6 Å². The van der Waals surface area contributed by atoms with Crippen LogP contribution in [-0.4, -0.2) is 23.1 Å². The predicted molar refractivity (Wildman–Crippen MR) is 80.6 cm³/mol. The minimum absolute atomic E-state index is 0.491. The van der Waals surface area contributed by atoms with E-state index in [1.54, 1.807) is 6.33 Å². The second-order valence-electron chi connectivity index (χ2n) is 5.48. The van der Waals surface area contributed by atoms with Crippen LogP contribution in [0.5, 0.6) is 0 Å². The summed E-state index contributed by atoms with van der Waals surface area (Å²) >= 11 is 0. The maximum absolute atomic E-state index is 4.43. The molecule has 1 heterocycles. The van der Waals surface area contributed by atoms with Gasteiger partial charge in [-0.1, -0.05) is 26.2 Å². The zero-order chi connectivity index (χ0) is 13.7. The van der Waals surface area contributed by atoms with Crippen molar-refractivity contribution in [3.05, 3.63) is 11.9 Å². The van der Waals surface area contributed by atoms with E-state index < -0.39 is 0 Å². The Balaban J connectivity index is 2.09. The molecule has 0 radical (unpaired) electrons. The van der Waals surface area contributed by atoms with Crippen molar-refractivity contribution in [1.82, 2.24) is 9.97 Å². The highest BCUT2D eigenvalue weighted by Crippen LogP contribution is 2.29. The zero-order valence-corrected chi connectivity index (χ0v) is 12.4. The molecule has 1 aliphatic carbocycles. The van der Waals surface area contributed by atoms with Crippen molar-refractivity contribution < 1.29 is 0 Å². The number of anilines is 2. The van der Waals surface area contributed by atoms with Crippen LogP contribution in [0.25, 0.3) is 0 Å². The summed E-state index contributed by atoms with van der Waals surface area (Å²) in [5.74, 6) is 2.72. The highest BCUT2D eigenvalue weighted by atomic mass is 15.1. The van der Waals surface area contributed by atoms with E-state index in [9.17, 15) is 0 Å². The first-order valence-electron chi connectivity index (χ1n) is 7.54. The third-order valence-corrected chi connectivity index (χ3v) is 4.26. The third kappa shape index (κ3) is 3.37. The van der Waals surface area contributed by atoms with E-state index in [2.05, 4.69) is 34.4 Å². The molecule has 1 saturated carbocycles. The van der Waals surface area contributed by atoms with Gasteiger partial charge in [-0.05, 0) is 32.1 Å². The van der Waals surface area contributed by atoms with Crippen LogP contribution < -0.4 is 10.6 Å². The van der Waals surface area contributed by atoms with Gasteiger partial charge in [0.2, 0.25) is 0 Å². The lowest BCUT2D eigenvalue weighted by molar-refractivity contribution is 0.328. The van der Waals surface area contributed by atoms with Crippen molar-refractivity contribution in [1.29, 1.82) is 0 Å². The molecule has 4 heteroatoms. The van der Waals surface area contributed by atoms with Crippen molar-refractivity contribution in [2.75, 3.05) is 17.7 Å². The number of nitrogens with zero attached hydrogens (tertiary/aromatic N) is 2. The Morgan fingerprint density at radius 1 is 1.21 bits per heavy atom. The molecule has 2 rings (SSSR count). The van der Waals surface area contributed by atoms with Crippen LogP contribution in [-0.2, 0) is 6.42 Å². The first kappa shape index (κ1) is 14.1. The number of hydrogen-bond donors (Lipinski definition) is 2. The van der Waals surface area contributed by atoms with Gasteiger partial charge in [0.1, 0.15) is 18.0 Å². The van der Waals surface area contributed by atoms with Gasteiger partial charge in [-0.15, -0.1) is 0 Å². The molecule has 0 aromatic carbocycles. The monoisotopic (exact) mass is 262 g/mol. The largest absolute Gasteiger partial charge is 0.373 e. The fourth-order valence-corrected chi connectivity index (χ4v) is 3.05. The molecule has 19 heavy (non-hydrogen) atoms. The van der Waals surface area contributed by atoms with Gasteiger partial charge >= 0.3 is 0 Å². The van der Waals surface area contributed by atoms with Crippen molar-refractivity contribution in [2.45, 2.75) is 58.4 Å². The Kier molecular flexibility index (Phi) is 5.00. The molecule has 1 fully saturated rings. The summed E-state index contributed by atoms with van der Waals surface area (Å²) in [5, 5.41) is 6.76. The zero-order valence-electron chi connectivity index (χ0n) is 12.4. The minimum Gasteiger partial charge on any atom is -0.373 e. The van der Waals surface area contributed by atoms with E-state index in [4.69, 9.17) is 0 Å². The maximum Gasteiger partial charge on any atom is 0.134 e. The van der Waals surface area contributed by atoms with Gasteiger partial charge in [0.25, 0.3) is 0 Å². The quantitative estimate of drug-likeness (QED) is 0.853. The van der Waals surface area contributed by atoms with Gasteiger partial charge in [-0.25, -0.2) is 9.97 Å². The second-order valence-corrected chi connectivity index (χ2v) is 5.48. The summed E-state index contributed by atoms with van der Waals surface area (Å²) in [6.07, 6.45) is 9.43. The molecule has 0 bridgehead atoms. The summed E-state index contributed by atoms with van der Waals surface area (Å²) in [6.45, 7) is 4.44. The van der Waals surface area contributed by atoms with Gasteiger partial charge in [-0.3, -0.25) is 0 Å². The molecule has 1 aromatic rings. The van der Waals surface area contributed by atoms with E-state index in [1.165, 1.54) is 37.7 Å². The first-order chi connectivity index (χ1) is 9.26. The highest BCUT2D eigenvalue weighted by Gasteiger charge is 2.21. The van der Waals surface area contributed by atoms with Crippen molar-refractivity contribution in [3.8, 4) is 0 Å². The highest BCUT2D eigenvalue weighted by molar-refractivity contribution is 5.57. The predicted octanol–water partition coefficient (Wildman–Crippen LogP) is 3.46. The fraction of sp³-hybridized carbons (Fsp3) is 0.733. The smallest absolute Gasteiger partial charge is 0.134 e. The summed E-state index contributed by atoms with van der Waals surface area (Å²) in [5.41, 5.74) is 1.19. The third-order valence-electron chi connectivity index (χ3n) is 4.26. The first-order valence-corrected chi connectivity index (χ1v) is 7.54. The summed E-state index contributed by atoms with van der Waals surface area (Å²) in [7, 11) is 1.91. The van der Waals surface area contributed by atoms with Crippen LogP contribution in [0.3, 0.4) is 0 Å². The molecular formula is C15H26N4. The Morgan fingerprint density at radius 2 is 1.89 bits per heavy atom. The molecule has 4 nitrogen and oxygen atoms in total. The molecule has 1 aliphatic rings. The average molecular weight is 262 g/mol. The van der Waals surface area contributed by atoms with E-state index in [0.29, 0.717) is 6.04 Å². The average Bonchev–Trinajstić information content (AvgIpc) is 2.47.